The summed E-state index contributed by atoms with van der Waals surface area (Å²) >= 11 is 7.87. The number of aliphatic hydroxyl groups is 1. The number of nitrogens with two attached hydrogens (primary N) is 1. The van der Waals surface area contributed by atoms with Crippen LogP contribution in [0.15, 0.2) is 47.5 Å². The number of thiophene rings is 1. The highest BCUT2D eigenvalue weighted by molar-refractivity contribution is 7.15. The Kier molecular flexibility index (Phi) is 12.0. The van der Waals surface area contributed by atoms with Crippen LogP contribution in [-0.4, -0.2) is 74.4 Å². The van der Waals surface area contributed by atoms with E-state index in [1.54, 1.807) is 34.4 Å². The van der Waals surface area contributed by atoms with Crippen LogP contribution in [0.5, 0.6) is 0 Å². The van der Waals surface area contributed by atoms with Gasteiger partial charge in [0.25, 0.3) is 0 Å². The summed E-state index contributed by atoms with van der Waals surface area (Å²) in [6.07, 6.45) is 1.95. The van der Waals surface area contributed by atoms with Gasteiger partial charge in [-0.15, -0.1) is 21.5 Å². The molecular formula is C39H43ClN8O4S. The van der Waals surface area contributed by atoms with E-state index in [4.69, 9.17) is 22.3 Å². The Bertz CT molecular complexity index is 2100. The summed E-state index contributed by atoms with van der Waals surface area (Å²) < 4.78 is 2.01. The number of piperidine rings is 1. The highest BCUT2D eigenvalue weighted by Crippen LogP contribution is 2.39. The van der Waals surface area contributed by atoms with Gasteiger partial charge in [-0.3, -0.25) is 23.9 Å². The molecule has 12 nitrogen and oxygen atoms in total. The number of nitrogens with one attached hydrogen (secondary N) is 2. The number of likely N-dealkylation sites (tertiary alicyclic amines) is 1. The van der Waals surface area contributed by atoms with Crippen LogP contribution in [0.4, 0.5) is 5.69 Å². The van der Waals surface area contributed by atoms with E-state index in [0.29, 0.717) is 66.6 Å². The van der Waals surface area contributed by atoms with Crippen LogP contribution in [0.1, 0.15) is 82.5 Å². The molecule has 1 saturated heterocycles. The molecule has 276 valence electrons. The normalized spacial score (nSPS) is 15.4. The number of benzene rings is 2. The SMILES string of the molecule is Cc1sc2c(c1C)C(c1ccc(Cl)cc1)=N[C@@H](CC(=O)NCCCC(=O)N1CCC(C(=O)Nc3ccc(C#CCN)c(CO)c3)CC1)c1nnc(C)n1-2. The van der Waals surface area contributed by atoms with E-state index in [2.05, 4.69) is 46.5 Å². The van der Waals surface area contributed by atoms with Crippen molar-refractivity contribution >= 4 is 52.1 Å². The molecular weight excluding hydrogens is 712 g/mol. The van der Waals surface area contributed by atoms with Gasteiger partial charge < -0.3 is 26.4 Å². The first-order valence-corrected chi connectivity index (χ1v) is 18.9. The largest absolute Gasteiger partial charge is 0.392 e. The Morgan fingerprint density at radius 2 is 1.83 bits per heavy atom. The maximum atomic E-state index is 13.3. The van der Waals surface area contributed by atoms with Crippen molar-refractivity contribution in [3.63, 3.8) is 0 Å². The summed E-state index contributed by atoms with van der Waals surface area (Å²) in [6.45, 7) is 7.39. The van der Waals surface area contributed by atoms with Gasteiger partial charge in [-0.25, -0.2) is 0 Å². The monoisotopic (exact) mass is 754 g/mol. The molecule has 2 aromatic carbocycles. The number of fused-ring (bicyclic) bond motifs is 3. The predicted molar refractivity (Wildman–Crippen MR) is 206 cm³/mol. The van der Waals surface area contributed by atoms with Crippen LogP contribution in [0.2, 0.25) is 5.02 Å². The second kappa shape index (κ2) is 16.9. The number of aryl methyl sites for hydroxylation is 2. The Labute approximate surface area is 317 Å². The number of amides is 3. The third-order valence-electron chi connectivity index (χ3n) is 9.71. The molecule has 3 amide bonds. The van der Waals surface area contributed by atoms with Gasteiger partial charge in [-0.2, -0.15) is 0 Å². The highest BCUT2D eigenvalue weighted by Gasteiger charge is 2.33. The van der Waals surface area contributed by atoms with Gasteiger partial charge in [-0.05, 0) is 81.5 Å². The zero-order valence-electron chi connectivity index (χ0n) is 30.0. The second-order valence-electron chi connectivity index (χ2n) is 13.2. The molecule has 53 heavy (non-hydrogen) atoms. The van der Waals surface area contributed by atoms with Crippen molar-refractivity contribution in [1.82, 2.24) is 25.0 Å². The van der Waals surface area contributed by atoms with Gasteiger partial charge >= 0.3 is 0 Å². The van der Waals surface area contributed by atoms with Crippen molar-refractivity contribution in [2.45, 2.75) is 65.5 Å². The standard InChI is InChI=1S/C39H43ClN8O4S/c1-23-24(2)53-39-35(23)36(27-8-11-30(40)12-9-27)44-32(37-46-45-25(3)48(37)39)21-33(50)42-17-5-7-34(51)47-18-14-28(15-19-47)38(52)43-31-13-10-26(6-4-16-41)29(20-31)22-49/h8-13,20,28,32,49H,5,7,14-19,21-22,41H2,1-3H3,(H,42,50)(H,43,52)/t32-/m0/s1. The number of anilines is 1. The molecule has 2 aliphatic heterocycles. The number of carbonyl (C=O) groups is 3. The number of aromatic nitrogens is 3. The summed E-state index contributed by atoms with van der Waals surface area (Å²) in [5.41, 5.74) is 11.1. The molecule has 0 radical (unpaired) electrons. The summed E-state index contributed by atoms with van der Waals surface area (Å²) in [7, 11) is 0. The van der Waals surface area contributed by atoms with Crippen molar-refractivity contribution in [3.8, 4) is 16.8 Å². The van der Waals surface area contributed by atoms with Crippen LogP contribution < -0.4 is 16.4 Å². The molecule has 6 rings (SSSR count). The fourth-order valence-electron chi connectivity index (χ4n) is 6.71. The van der Waals surface area contributed by atoms with Crippen molar-refractivity contribution in [2.24, 2.45) is 16.6 Å². The van der Waals surface area contributed by atoms with Gasteiger partial charge in [-0.1, -0.05) is 35.6 Å². The first-order valence-electron chi connectivity index (χ1n) is 17.7. The number of aliphatic imine (C=N–C) groups is 1. The average molecular weight is 755 g/mol. The molecule has 1 atom stereocenters. The van der Waals surface area contributed by atoms with Crippen molar-refractivity contribution in [3.05, 3.63) is 91.8 Å². The molecule has 14 heteroatoms. The molecule has 1 fully saturated rings. The molecule has 0 unspecified atom stereocenters. The zero-order valence-corrected chi connectivity index (χ0v) is 31.6. The molecule has 4 aromatic rings. The number of carbonyl (C=O) groups excluding carboxylic acids is 3. The first-order chi connectivity index (χ1) is 25.6. The summed E-state index contributed by atoms with van der Waals surface area (Å²) in [6, 6.07) is 12.2. The van der Waals surface area contributed by atoms with E-state index in [1.807, 2.05) is 35.8 Å². The van der Waals surface area contributed by atoms with E-state index in [-0.39, 0.29) is 49.6 Å². The quantitative estimate of drug-likeness (QED) is 0.134. The smallest absolute Gasteiger partial charge is 0.227 e. The van der Waals surface area contributed by atoms with Crippen molar-refractivity contribution < 1.29 is 19.5 Å². The minimum Gasteiger partial charge on any atom is -0.392 e. The molecule has 0 aliphatic carbocycles. The van der Waals surface area contributed by atoms with Gasteiger partial charge in [0.2, 0.25) is 17.7 Å². The fourth-order valence-corrected chi connectivity index (χ4v) is 8.05. The molecule has 0 saturated carbocycles. The van der Waals surface area contributed by atoms with E-state index >= 15 is 0 Å². The number of nitrogens with zero attached hydrogens (tertiary/aromatic N) is 5. The molecule has 4 heterocycles. The maximum absolute atomic E-state index is 13.3. The van der Waals surface area contributed by atoms with Gasteiger partial charge in [0.05, 0.1) is 25.3 Å². The van der Waals surface area contributed by atoms with Gasteiger partial charge in [0.1, 0.15) is 16.9 Å². The van der Waals surface area contributed by atoms with Crippen LogP contribution in [0.25, 0.3) is 5.00 Å². The number of hydrogen-bond acceptors (Lipinski definition) is 9. The average Bonchev–Trinajstić information content (AvgIpc) is 3.64. The van der Waals surface area contributed by atoms with E-state index < -0.39 is 6.04 Å². The highest BCUT2D eigenvalue weighted by atomic mass is 35.5. The number of hydrogen-bond donors (Lipinski definition) is 4. The van der Waals surface area contributed by atoms with E-state index in [0.717, 1.165) is 33.2 Å². The van der Waals surface area contributed by atoms with Crippen LogP contribution in [0.3, 0.4) is 0 Å². The summed E-state index contributed by atoms with van der Waals surface area (Å²) in [4.78, 5) is 47.5. The third-order valence-corrected chi connectivity index (χ3v) is 11.2. The minimum absolute atomic E-state index is 0.00114. The lowest BCUT2D eigenvalue weighted by Crippen LogP contribution is -2.41. The van der Waals surface area contributed by atoms with Crippen molar-refractivity contribution in [1.29, 1.82) is 0 Å². The van der Waals surface area contributed by atoms with Gasteiger partial charge in [0, 0.05) is 64.3 Å². The lowest BCUT2D eigenvalue weighted by molar-refractivity contribution is -0.134. The zero-order chi connectivity index (χ0) is 37.6. The van der Waals surface area contributed by atoms with Crippen LogP contribution in [-0.2, 0) is 21.0 Å². The van der Waals surface area contributed by atoms with E-state index in [9.17, 15) is 19.5 Å². The van der Waals surface area contributed by atoms with Crippen LogP contribution in [0, 0.1) is 38.5 Å². The molecule has 0 spiro atoms. The number of rotatable bonds is 10. The Morgan fingerprint density at radius 1 is 1.08 bits per heavy atom. The van der Waals surface area contributed by atoms with Crippen LogP contribution >= 0.6 is 22.9 Å². The predicted octanol–water partition coefficient (Wildman–Crippen LogP) is 4.77. The molecule has 5 N–H and O–H groups in total. The molecule has 2 aromatic heterocycles. The van der Waals surface area contributed by atoms with E-state index in [1.165, 1.54) is 4.88 Å². The first kappa shape index (κ1) is 37.9. The Morgan fingerprint density at radius 3 is 2.55 bits per heavy atom. The number of aliphatic hydroxyl groups excluding tert-OH is 1. The van der Waals surface area contributed by atoms with Crippen molar-refractivity contribution in [2.75, 3.05) is 31.5 Å². The molecule has 2 aliphatic rings. The Balaban J connectivity index is 1.01. The maximum Gasteiger partial charge on any atom is 0.227 e. The second-order valence-corrected chi connectivity index (χ2v) is 14.9. The number of halogens is 1. The lowest BCUT2D eigenvalue weighted by Gasteiger charge is -2.31. The summed E-state index contributed by atoms with van der Waals surface area (Å²) in [5, 5.41) is 26.1. The third kappa shape index (κ3) is 8.52. The minimum atomic E-state index is -0.576. The van der Waals surface area contributed by atoms with Gasteiger partial charge in [0.15, 0.2) is 5.82 Å². The Hall–Kier alpha value is -4.87. The fraction of sp³-hybridized carbons (Fsp3) is 0.385. The topological polar surface area (TPSA) is 168 Å². The summed E-state index contributed by atoms with van der Waals surface area (Å²) in [5.74, 6) is 6.50. The molecule has 0 bridgehead atoms. The lowest BCUT2D eigenvalue weighted by atomic mass is 9.95.